The summed E-state index contributed by atoms with van der Waals surface area (Å²) in [6.07, 6.45) is -19.1. The van der Waals surface area contributed by atoms with Gasteiger partial charge in [-0.05, 0) is 135 Å². The van der Waals surface area contributed by atoms with Gasteiger partial charge in [0, 0.05) is 18.9 Å². The van der Waals surface area contributed by atoms with Gasteiger partial charge in [-0.25, -0.2) is 19.2 Å². The predicted molar refractivity (Wildman–Crippen MR) is 251 cm³/mol. The Balaban J connectivity index is 0.983. The van der Waals surface area contributed by atoms with E-state index in [0.29, 0.717) is 0 Å². The Labute approximate surface area is 453 Å². The maximum Gasteiger partial charge on any atom is 0.460 e. The van der Waals surface area contributed by atoms with E-state index in [0.717, 1.165) is 0 Å². The van der Waals surface area contributed by atoms with E-state index in [-0.39, 0.29) is 108 Å². The van der Waals surface area contributed by atoms with Crippen LogP contribution in [0.3, 0.4) is 0 Å². The molecular formula is C54H44F18O10. The number of ether oxygens (including phenoxy) is 6. The number of carbonyl (C=O) groups excluding carboxylic acids is 4. The van der Waals surface area contributed by atoms with Crippen molar-refractivity contribution >= 4 is 23.9 Å². The van der Waals surface area contributed by atoms with Crippen LogP contribution in [0.15, 0.2) is 121 Å². The van der Waals surface area contributed by atoms with Crippen molar-refractivity contribution in [2.24, 2.45) is 0 Å². The second-order valence-electron chi connectivity index (χ2n) is 17.9. The average molecular weight is 1190 g/mol. The number of unbranched alkanes of at least 4 members (excludes halogenated alkanes) is 6. The molecule has 0 amide bonds. The van der Waals surface area contributed by atoms with E-state index in [1.807, 2.05) is 0 Å². The van der Waals surface area contributed by atoms with E-state index < -0.39 is 97.4 Å². The third kappa shape index (κ3) is 16.3. The van der Waals surface area contributed by atoms with Crippen LogP contribution in [-0.2, 0) is 0 Å². The summed E-state index contributed by atoms with van der Waals surface area (Å²) in [5, 5.41) is 0. The molecule has 0 aromatic heterocycles. The molecule has 446 valence electrons. The molecule has 5 rings (SSSR count). The summed E-state index contributed by atoms with van der Waals surface area (Å²) >= 11 is 0. The number of hydrogen-bond acceptors (Lipinski definition) is 10. The van der Waals surface area contributed by atoms with Gasteiger partial charge in [0.2, 0.25) is 0 Å². The van der Waals surface area contributed by atoms with Crippen LogP contribution in [0, 0.1) is 0 Å². The number of halogens is 18. The first kappa shape index (κ1) is 65.1. The highest BCUT2D eigenvalue weighted by Crippen LogP contribution is 2.56. The van der Waals surface area contributed by atoms with E-state index in [2.05, 4.69) is 0 Å². The molecule has 0 heterocycles. The van der Waals surface area contributed by atoms with Gasteiger partial charge >= 0.3 is 71.8 Å². The number of benzene rings is 5. The van der Waals surface area contributed by atoms with E-state index in [4.69, 9.17) is 28.4 Å². The molecule has 82 heavy (non-hydrogen) atoms. The van der Waals surface area contributed by atoms with Crippen molar-refractivity contribution in [3.05, 3.63) is 144 Å². The maximum absolute atomic E-state index is 13.7. The molecule has 0 bridgehead atoms. The minimum absolute atomic E-state index is 0.0201. The van der Waals surface area contributed by atoms with Gasteiger partial charge in [-0.15, -0.1) is 0 Å². The zero-order valence-electron chi connectivity index (χ0n) is 41.9. The molecule has 10 nitrogen and oxygen atoms in total. The van der Waals surface area contributed by atoms with Crippen molar-refractivity contribution < 1.29 is 127 Å². The molecule has 0 fully saturated rings. The Hall–Kier alpha value is -7.68. The Morgan fingerprint density at radius 3 is 0.829 bits per heavy atom. The van der Waals surface area contributed by atoms with E-state index >= 15 is 0 Å². The zero-order chi connectivity index (χ0) is 61.0. The maximum atomic E-state index is 13.7. The highest BCUT2D eigenvalue weighted by atomic mass is 19.4. The van der Waals surface area contributed by atoms with Crippen molar-refractivity contribution in [2.45, 2.75) is 112 Å². The summed E-state index contributed by atoms with van der Waals surface area (Å²) in [7, 11) is 0. The number of alkyl halides is 18. The molecule has 0 saturated heterocycles. The normalized spacial score (nSPS) is 12.8. The van der Waals surface area contributed by atoms with Crippen LogP contribution in [0.4, 0.5) is 79.0 Å². The molecule has 5 aromatic rings. The molecule has 28 heteroatoms. The van der Waals surface area contributed by atoms with Gasteiger partial charge in [0.15, 0.2) is 0 Å². The van der Waals surface area contributed by atoms with E-state index in [1.54, 1.807) is 0 Å². The quantitative estimate of drug-likeness (QED) is 0.0207. The number of rotatable bonds is 28. The molecule has 0 spiro atoms. The lowest BCUT2D eigenvalue weighted by molar-refractivity contribution is -0.396. The molecule has 0 saturated carbocycles. The van der Waals surface area contributed by atoms with E-state index in [9.17, 15) is 98.2 Å². The SMILES string of the molecule is O=C(Oc1ccc(C(=O)Oc2cccc(OC(=O)c3ccc(OC(=O)c4ccc(OCCCCCCC(F)(F)C(F)(F)C(F)(F)C(F)(F)F)cc4)cc3)c2)cc1)c1ccc(OCCCCCCC(F)(F)C(F)(F)C(F)(F)C(F)(F)F)cc1. The van der Waals surface area contributed by atoms with Crippen LogP contribution in [0.25, 0.3) is 0 Å². The summed E-state index contributed by atoms with van der Waals surface area (Å²) in [5.74, 6) is -41.3. The van der Waals surface area contributed by atoms with Crippen LogP contribution in [0.1, 0.15) is 106 Å². The van der Waals surface area contributed by atoms with Crippen molar-refractivity contribution in [3.63, 3.8) is 0 Å². The molecular weight excluding hydrogens is 1150 g/mol. The van der Waals surface area contributed by atoms with Crippen molar-refractivity contribution in [1.29, 1.82) is 0 Å². The fourth-order valence-corrected chi connectivity index (χ4v) is 7.07. The van der Waals surface area contributed by atoms with Gasteiger partial charge < -0.3 is 28.4 Å². The first-order valence-corrected chi connectivity index (χ1v) is 24.2. The van der Waals surface area contributed by atoms with Crippen molar-refractivity contribution in [1.82, 2.24) is 0 Å². The van der Waals surface area contributed by atoms with Gasteiger partial charge in [0.05, 0.1) is 35.5 Å². The summed E-state index contributed by atoms with van der Waals surface area (Å²) in [4.78, 5) is 51.3. The minimum Gasteiger partial charge on any atom is -0.494 e. The zero-order valence-corrected chi connectivity index (χ0v) is 41.9. The monoisotopic (exact) mass is 1190 g/mol. The molecule has 0 aliphatic rings. The van der Waals surface area contributed by atoms with Gasteiger partial charge in [0.25, 0.3) is 0 Å². The molecule has 0 aliphatic carbocycles. The summed E-state index contributed by atoms with van der Waals surface area (Å²) < 4.78 is 267. The van der Waals surface area contributed by atoms with Crippen LogP contribution in [0.2, 0.25) is 0 Å². The van der Waals surface area contributed by atoms with Crippen molar-refractivity contribution in [2.75, 3.05) is 13.2 Å². The first-order valence-electron chi connectivity index (χ1n) is 24.2. The number of carbonyl (C=O) groups is 4. The third-order valence-electron chi connectivity index (χ3n) is 11.7. The Morgan fingerprint density at radius 1 is 0.293 bits per heavy atom. The topological polar surface area (TPSA) is 124 Å². The van der Waals surface area contributed by atoms with Crippen molar-refractivity contribution in [3.8, 4) is 34.5 Å². The van der Waals surface area contributed by atoms with E-state index in [1.165, 1.54) is 121 Å². The standard InChI is InChI=1S/C54H44F18O10/c55-47(56,49(59,60)51(63,64)53(67,68)69)28-5-1-3-7-30-77-37-20-12-33(13-21-37)43(73)79-39-24-16-35(17-25-39)45(75)81-41-10-9-11-42(32-41)82-46(76)36-18-26-40(27-19-36)80-44(74)34-14-22-38(23-15-34)78-31-8-4-2-6-29-48(57,58)50(61,62)52(65,66)54(70,71)72/h9-27,32H,1-8,28-31H2. The average Bonchev–Trinajstić information content (AvgIpc) is 3.41. The molecule has 0 N–H and O–H groups in total. The van der Waals surface area contributed by atoms with Gasteiger partial charge in [-0.3, -0.25) is 0 Å². The third-order valence-corrected chi connectivity index (χ3v) is 11.7. The second kappa shape index (κ2) is 26.5. The summed E-state index contributed by atoms with van der Waals surface area (Å²) in [5.41, 5.74) is 0.162. The second-order valence-corrected chi connectivity index (χ2v) is 17.9. The Bertz CT molecular complexity index is 2730. The van der Waals surface area contributed by atoms with Crippen LogP contribution >= 0.6 is 0 Å². The van der Waals surface area contributed by atoms with Crippen LogP contribution in [0.5, 0.6) is 34.5 Å². The lowest BCUT2D eigenvalue weighted by Crippen LogP contribution is -2.60. The number of hydrogen-bond donors (Lipinski definition) is 0. The fourth-order valence-electron chi connectivity index (χ4n) is 7.07. The summed E-state index contributed by atoms with van der Waals surface area (Å²) in [6.45, 7) is -0.0698. The van der Waals surface area contributed by atoms with Crippen LogP contribution < -0.4 is 28.4 Å². The largest absolute Gasteiger partial charge is 0.494 e. The first-order chi connectivity index (χ1) is 38.1. The minimum atomic E-state index is -6.93. The lowest BCUT2D eigenvalue weighted by Gasteiger charge is -2.33. The molecule has 0 atom stereocenters. The lowest BCUT2D eigenvalue weighted by atomic mass is 9.98. The fraction of sp³-hybridized carbons (Fsp3) is 0.370. The molecule has 0 unspecified atom stereocenters. The Morgan fingerprint density at radius 2 is 0.549 bits per heavy atom. The summed E-state index contributed by atoms with van der Waals surface area (Å²) in [6, 6.07) is 26.7. The molecule has 5 aromatic carbocycles. The predicted octanol–water partition coefficient (Wildman–Crippen LogP) is 16.2. The van der Waals surface area contributed by atoms with Gasteiger partial charge in [0.1, 0.15) is 34.5 Å². The molecule has 0 radical (unpaired) electrons. The van der Waals surface area contributed by atoms with Crippen LogP contribution in [-0.4, -0.2) is 85.0 Å². The molecule has 0 aliphatic heterocycles. The highest BCUT2D eigenvalue weighted by molar-refractivity contribution is 5.94. The van der Waals surface area contributed by atoms with Gasteiger partial charge in [-0.1, -0.05) is 31.7 Å². The van der Waals surface area contributed by atoms with Gasteiger partial charge in [-0.2, -0.15) is 79.0 Å². The Kier molecular flexibility index (Phi) is 21.0. The highest BCUT2D eigenvalue weighted by Gasteiger charge is 2.82. The number of esters is 4. The smallest absolute Gasteiger partial charge is 0.460 e.